The highest BCUT2D eigenvalue weighted by molar-refractivity contribution is 7.23. The lowest BCUT2D eigenvalue weighted by Crippen LogP contribution is -2.20. The number of rotatable bonds is 0. The number of nitrogens with one attached hydrogen (secondary N) is 1. The molecular formula is C19H13N3O2S. The third-order valence-corrected chi connectivity index (χ3v) is 5.67. The van der Waals surface area contributed by atoms with Crippen LogP contribution in [0.15, 0.2) is 45.6 Å². The third-order valence-electron chi connectivity index (χ3n) is 4.66. The Morgan fingerprint density at radius 1 is 1.16 bits per heavy atom. The molecule has 2 aromatic carbocycles. The number of para-hydroxylation sites is 1. The van der Waals surface area contributed by atoms with Gasteiger partial charge in [-0.1, -0.05) is 23.5 Å². The summed E-state index contributed by atoms with van der Waals surface area (Å²) in [7, 11) is 0. The van der Waals surface area contributed by atoms with Crippen LogP contribution in [-0.4, -0.2) is 9.38 Å². The van der Waals surface area contributed by atoms with E-state index in [1.807, 2.05) is 31.2 Å². The standard InChI is InChI=1S/C19H13N3O2S/c1-9-7-12-14(8-10(9)2)25-19-21-16-11-5-3-4-6-13(11)24-18(23)15(16)17(20)22(12)19/h3-8,20H,1-2H3. The number of fused-ring (bicyclic) bond motifs is 6. The maximum absolute atomic E-state index is 12.5. The average Bonchev–Trinajstić information content (AvgIpc) is 2.92. The van der Waals surface area contributed by atoms with Gasteiger partial charge < -0.3 is 4.42 Å². The Hall–Kier alpha value is -2.99. The van der Waals surface area contributed by atoms with Gasteiger partial charge in [0.05, 0.1) is 15.7 Å². The molecule has 0 saturated heterocycles. The van der Waals surface area contributed by atoms with Gasteiger partial charge in [0.2, 0.25) is 0 Å². The maximum Gasteiger partial charge on any atom is 0.349 e. The van der Waals surface area contributed by atoms with Gasteiger partial charge in [-0.15, -0.1) is 0 Å². The van der Waals surface area contributed by atoms with Crippen molar-refractivity contribution in [3.05, 3.63) is 63.4 Å². The molecule has 5 nitrogen and oxygen atoms in total. The molecule has 0 aliphatic heterocycles. The van der Waals surface area contributed by atoms with E-state index in [1.54, 1.807) is 10.5 Å². The molecule has 3 aromatic heterocycles. The van der Waals surface area contributed by atoms with Gasteiger partial charge in [0.25, 0.3) is 0 Å². The topological polar surface area (TPSA) is 71.4 Å². The predicted octanol–water partition coefficient (Wildman–Crippen LogP) is 3.90. The first-order valence-electron chi connectivity index (χ1n) is 7.87. The average molecular weight is 347 g/mol. The highest BCUT2D eigenvalue weighted by Crippen LogP contribution is 2.28. The second kappa shape index (κ2) is 4.77. The Bertz CT molecular complexity index is 1460. The van der Waals surface area contributed by atoms with Crippen LogP contribution < -0.4 is 11.1 Å². The molecule has 0 aliphatic rings. The summed E-state index contributed by atoms with van der Waals surface area (Å²) in [6.07, 6.45) is 0. The van der Waals surface area contributed by atoms with Crippen molar-refractivity contribution in [2.75, 3.05) is 0 Å². The molecule has 0 radical (unpaired) electrons. The van der Waals surface area contributed by atoms with Crippen LogP contribution >= 0.6 is 11.3 Å². The molecule has 0 saturated carbocycles. The fourth-order valence-corrected chi connectivity index (χ4v) is 4.34. The van der Waals surface area contributed by atoms with Crippen LogP contribution in [0.3, 0.4) is 0 Å². The Balaban J connectivity index is 2.12. The van der Waals surface area contributed by atoms with Crippen molar-refractivity contribution in [3.63, 3.8) is 0 Å². The smallest absolute Gasteiger partial charge is 0.349 e. The number of thiazole rings is 1. The number of hydrogen-bond donors (Lipinski definition) is 1. The second-order valence-corrected chi connectivity index (χ2v) is 7.20. The van der Waals surface area contributed by atoms with Crippen molar-refractivity contribution >= 4 is 48.4 Å². The molecule has 5 rings (SSSR count). The van der Waals surface area contributed by atoms with E-state index in [4.69, 9.17) is 14.8 Å². The van der Waals surface area contributed by atoms with Gasteiger partial charge in [-0.25, -0.2) is 9.78 Å². The Labute approximate surface area is 145 Å². The van der Waals surface area contributed by atoms with Crippen molar-refractivity contribution in [2.45, 2.75) is 13.8 Å². The quantitative estimate of drug-likeness (QED) is 0.341. The lowest BCUT2D eigenvalue weighted by molar-refractivity contribution is 0.568. The Morgan fingerprint density at radius 3 is 2.76 bits per heavy atom. The van der Waals surface area contributed by atoms with E-state index in [0.717, 1.165) is 21.2 Å². The van der Waals surface area contributed by atoms with Gasteiger partial charge in [-0.3, -0.25) is 9.81 Å². The van der Waals surface area contributed by atoms with Crippen molar-refractivity contribution in [3.8, 4) is 0 Å². The monoisotopic (exact) mass is 347 g/mol. The van der Waals surface area contributed by atoms with Gasteiger partial charge in [-0.05, 0) is 49.2 Å². The molecule has 122 valence electrons. The van der Waals surface area contributed by atoms with Crippen LogP contribution in [0.5, 0.6) is 0 Å². The zero-order valence-corrected chi connectivity index (χ0v) is 14.4. The predicted molar refractivity (Wildman–Crippen MR) is 99.5 cm³/mol. The van der Waals surface area contributed by atoms with Crippen LogP contribution in [0.4, 0.5) is 0 Å². The zero-order chi connectivity index (χ0) is 17.3. The molecular weight excluding hydrogens is 334 g/mol. The van der Waals surface area contributed by atoms with Crippen molar-refractivity contribution in [1.82, 2.24) is 9.38 Å². The molecule has 25 heavy (non-hydrogen) atoms. The van der Waals surface area contributed by atoms with Crippen LogP contribution in [0.25, 0.3) is 37.0 Å². The molecule has 1 N–H and O–H groups in total. The first kappa shape index (κ1) is 14.4. The van der Waals surface area contributed by atoms with E-state index in [2.05, 4.69) is 13.0 Å². The number of aromatic nitrogens is 2. The van der Waals surface area contributed by atoms with Crippen LogP contribution in [0, 0.1) is 19.3 Å². The van der Waals surface area contributed by atoms with Gasteiger partial charge in [-0.2, -0.15) is 0 Å². The summed E-state index contributed by atoms with van der Waals surface area (Å²) >= 11 is 1.53. The SMILES string of the molecule is Cc1cc2sc3nc4c(c(=O)oc5ccccc54)c(=N)n3c2cc1C. The van der Waals surface area contributed by atoms with E-state index in [0.29, 0.717) is 16.1 Å². The minimum Gasteiger partial charge on any atom is -0.422 e. The minimum absolute atomic E-state index is 0.119. The van der Waals surface area contributed by atoms with Crippen molar-refractivity contribution in [1.29, 1.82) is 5.41 Å². The Morgan fingerprint density at radius 2 is 1.92 bits per heavy atom. The first-order valence-corrected chi connectivity index (χ1v) is 8.69. The van der Waals surface area contributed by atoms with E-state index >= 15 is 0 Å². The van der Waals surface area contributed by atoms with Crippen molar-refractivity contribution in [2.24, 2.45) is 0 Å². The normalized spacial score (nSPS) is 11.9. The lowest BCUT2D eigenvalue weighted by Gasteiger charge is -2.04. The summed E-state index contributed by atoms with van der Waals surface area (Å²) in [5.74, 6) is 0. The van der Waals surface area contributed by atoms with Gasteiger partial charge in [0, 0.05) is 5.39 Å². The summed E-state index contributed by atoms with van der Waals surface area (Å²) in [4.78, 5) is 17.9. The zero-order valence-electron chi connectivity index (χ0n) is 13.6. The largest absolute Gasteiger partial charge is 0.422 e. The molecule has 0 spiro atoms. The van der Waals surface area contributed by atoms with E-state index in [-0.39, 0.29) is 10.9 Å². The molecule has 0 amide bonds. The van der Waals surface area contributed by atoms with Crippen molar-refractivity contribution < 1.29 is 4.42 Å². The van der Waals surface area contributed by atoms with Gasteiger partial charge in [0.1, 0.15) is 16.5 Å². The highest BCUT2D eigenvalue weighted by atomic mass is 32.1. The van der Waals surface area contributed by atoms with Crippen LogP contribution in [0.1, 0.15) is 11.1 Å². The summed E-state index contributed by atoms with van der Waals surface area (Å²) < 4.78 is 8.20. The molecule has 0 atom stereocenters. The number of aryl methyl sites for hydroxylation is 2. The van der Waals surface area contributed by atoms with Gasteiger partial charge in [0.15, 0.2) is 4.96 Å². The molecule has 5 aromatic rings. The maximum atomic E-state index is 12.5. The molecule has 0 bridgehead atoms. The minimum atomic E-state index is -0.524. The fraction of sp³-hybridized carbons (Fsp3) is 0.105. The fourth-order valence-electron chi connectivity index (χ4n) is 3.23. The van der Waals surface area contributed by atoms with E-state index in [1.165, 1.54) is 16.9 Å². The molecule has 0 fully saturated rings. The first-order chi connectivity index (χ1) is 12.0. The Kier molecular flexibility index (Phi) is 2.74. The second-order valence-electron chi connectivity index (χ2n) is 6.19. The third kappa shape index (κ3) is 1.85. The van der Waals surface area contributed by atoms with Crippen LogP contribution in [0.2, 0.25) is 0 Å². The molecule has 0 unspecified atom stereocenters. The number of nitrogens with zero attached hydrogens (tertiary/aromatic N) is 2. The van der Waals surface area contributed by atoms with Gasteiger partial charge >= 0.3 is 5.63 Å². The molecule has 3 heterocycles. The van der Waals surface area contributed by atoms with E-state index in [9.17, 15) is 4.79 Å². The highest BCUT2D eigenvalue weighted by Gasteiger charge is 2.16. The van der Waals surface area contributed by atoms with E-state index < -0.39 is 5.63 Å². The lowest BCUT2D eigenvalue weighted by atomic mass is 10.1. The number of benzene rings is 2. The van der Waals surface area contributed by atoms with Crippen LogP contribution in [-0.2, 0) is 0 Å². The summed E-state index contributed by atoms with van der Waals surface area (Å²) in [6, 6.07) is 11.5. The molecule has 0 aliphatic carbocycles. The molecule has 6 heteroatoms. The number of hydrogen-bond acceptors (Lipinski definition) is 5. The summed E-state index contributed by atoms with van der Waals surface area (Å²) in [5, 5.41) is 9.61. The summed E-state index contributed by atoms with van der Waals surface area (Å²) in [6.45, 7) is 4.11. The summed E-state index contributed by atoms with van der Waals surface area (Å²) in [5.41, 5.74) is 3.85.